The lowest BCUT2D eigenvalue weighted by atomic mass is 10.0. The molecular weight excluding hydrogens is 323 g/mol. The summed E-state index contributed by atoms with van der Waals surface area (Å²) in [4.78, 5) is 0. The first-order valence-electron chi connectivity index (χ1n) is 5.96. The highest BCUT2D eigenvalue weighted by Gasteiger charge is 2.09. The Morgan fingerprint density at radius 1 is 0.850 bits per heavy atom. The Morgan fingerprint density at radius 3 is 2.25 bits per heavy atom. The van der Waals surface area contributed by atoms with Crippen LogP contribution in [-0.4, -0.2) is 10.2 Å². The molecule has 3 aromatic rings. The van der Waals surface area contributed by atoms with Gasteiger partial charge in [-0.3, -0.25) is 0 Å². The Hall–Kier alpha value is -2.07. The third-order valence-corrected chi connectivity index (χ3v) is 3.81. The molecule has 4 heteroatoms. The molecule has 0 aliphatic heterocycles. The predicted octanol–water partition coefficient (Wildman–Crippen LogP) is 4.82. The van der Waals surface area contributed by atoms with Crippen LogP contribution in [0.25, 0.3) is 21.9 Å². The minimum absolute atomic E-state index is 0.00813. The molecule has 20 heavy (non-hydrogen) atoms. The predicted molar refractivity (Wildman–Crippen MR) is 80.4 cm³/mol. The zero-order valence-corrected chi connectivity index (χ0v) is 11.9. The van der Waals surface area contributed by atoms with Gasteiger partial charge in [-0.15, -0.1) is 0 Å². The van der Waals surface area contributed by atoms with E-state index in [2.05, 4.69) is 15.9 Å². The standard InChI is InChI=1S/C16H10BrFO2/c17-14-6-11-5-10(9-1-3-12(19)4-2-9)7-15(18)13(11)8-16(14)20/h1-8,19-20H. The fraction of sp³-hybridized carbons (Fsp3) is 0. The van der Waals surface area contributed by atoms with Crippen molar-refractivity contribution in [3.63, 3.8) is 0 Å². The van der Waals surface area contributed by atoms with Gasteiger partial charge in [0.15, 0.2) is 0 Å². The summed E-state index contributed by atoms with van der Waals surface area (Å²) >= 11 is 3.23. The van der Waals surface area contributed by atoms with Crippen molar-refractivity contribution in [2.24, 2.45) is 0 Å². The van der Waals surface area contributed by atoms with Crippen LogP contribution in [0.4, 0.5) is 4.39 Å². The molecular formula is C16H10BrFO2. The maximum atomic E-state index is 14.1. The molecule has 3 aromatic carbocycles. The number of phenols is 2. The van der Waals surface area contributed by atoms with E-state index in [4.69, 9.17) is 0 Å². The lowest BCUT2D eigenvalue weighted by Gasteiger charge is -2.07. The van der Waals surface area contributed by atoms with Crippen LogP contribution in [0.2, 0.25) is 0 Å². The van der Waals surface area contributed by atoms with Gasteiger partial charge in [-0.25, -0.2) is 4.39 Å². The highest BCUT2D eigenvalue weighted by atomic mass is 79.9. The van der Waals surface area contributed by atoms with Crippen LogP contribution >= 0.6 is 15.9 Å². The van der Waals surface area contributed by atoms with Gasteiger partial charge >= 0.3 is 0 Å². The number of aromatic hydroxyl groups is 2. The van der Waals surface area contributed by atoms with Crippen molar-refractivity contribution >= 4 is 26.7 Å². The molecule has 0 aliphatic rings. The molecule has 0 fully saturated rings. The summed E-state index contributed by atoms with van der Waals surface area (Å²) in [6, 6.07) is 12.9. The van der Waals surface area contributed by atoms with Crippen LogP contribution in [0.5, 0.6) is 11.5 Å². The molecule has 0 heterocycles. The second kappa shape index (κ2) is 4.80. The molecule has 0 amide bonds. The number of fused-ring (bicyclic) bond motifs is 1. The van der Waals surface area contributed by atoms with Gasteiger partial charge < -0.3 is 10.2 Å². The van der Waals surface area contributed by atoms with Gasteiger partial charge in [0, 0.05) is 5.39 Å². The molecule has 0 saturated heterocycles. The molecule has 0 atom stereocenters. The number of hydrogen-bond acceptors (Lipinski definition) is 2. The highest BCUT2D eigenvalue weighted by molar-refractivity contribution is 9.10. The van der Waals surface area contributed by atoms with E-state index in [9.17, 15) is 14.6 Å². The minimum Gasteiger partial charge on any atom is -0.508 e. The van der Waals surface area contributed by atoms with Crippen molar-refractivity contribution in [1.29, 1.82) is 0 Å². The molecule has 100 valence electrons. The first-order valence-corrected chi connectivity index (χ1v) is 6.75. The summed E-state index contributed by atoms with van der Waals surface area (Å²) in [5.74, 6) is -0.218. The average Bonchev–Trinajstić information content (AvgIpc) is 2.42. The van der Waals surface area contributed by atoms with Gasteiger partial charge in [0.25, 0.3) is 0 Å². The summed E-state index contributed by atoms with van der Waals surface area (Å²) in [5.41, 5.74) is 1.53. The van der Waals surface area contributed by atoms with Crippen LogP contribution < -0.4 is 0 Å². The second-order valence-electron chi connectivity index (χ2n) is 4.53. The van der Waals surface area contributed by atoms with E-state index in [1.54, 1.807) is 30.3 Å². The minimum atomic E-state index is -0.395. The van der Waals surface area contributed by atoms with Crippen molar-refractivity contribution < 1.29 is 14.6 Å². The van der Waals surface area contributed by atoms with Gasteiger partial charge in [0.05, 0.1) is 4.47 Å². The van der Waals surface area contributed by atoms with Crippen molar-refractivity contribution in [1.82, 2.24) is 0 Å². The Kier molecular flexibility index (Phi) is 3.10. The normalized spacial score (nSPS) is 10.9. The molecule has 0 radical (unpaired) electrons. The summed E-state index contributed by atoms with van der Waals surface area (Å²) in [6.07, 6.45) is 0. The summed E-state index contributed by atoms with van der Waals surface area (Å²) in [5, 5.41) is 20.0. The summed E-state index contributed by atoms with van der Waals surface area (Å²) in [6.45, 7) is 0. The van der Waals surface area contributed by atoms with E-state index >= 15 is 0 Å². The first kappa shape index (κ1) is 12.9. The number of phenolic OH excluding ortho intramolecular Hbond substituents is 2. The molecule has 3 rings (SSSR count). The lowest BCUT2D eigenvalue weighted by Crippen LogP contribution is -1.85. The van der Waals surface area contributed by atoms with Gasteiger partial charge in [-0.05, 0) is 68.8 Å². The monoisotopic (exact) mass is 332 g/mol. The van der Waals surface area contributed by atoms with Crippen molar-refractivity contribution in [2.75, 3.05) is 0 Å². The lowest BCUT2D eigenvalue weighted by molar-refractivity contribution is 0.472. The maximum Gasteiger partial charge on any atom is 0.131 e. The Morgan fingerprint density at radius 2 is 1.55 bits per heavy atom. The number of benzene rings is 3. The van der Waals surface area contributed by atoms with Crippen LogP contribution in [0.1, 0.15) is 0 Å². The molecule has 2 nitrogen and oxygen atoms in total. The average molecular weight is 333 g/mol. The number of halogens is 2. The van der Waals surface area contributed by atoms with E-state index in [1.807, 2.05) is 6.07 Å². The van der Waals surface area contributed by atoms with Crippen LogP contribution in [0.3, 0.4) is 0 Å². The first-order chi connectivity index (χ1) is 9.54. The zero-order chi connectivity index (χ0) is 14.3. The van der Waals surface area contributed by atoms with Gasteiger partial charge in [-0.2, -0.15) is 0 Å². The van der Waals surface area contributed by atoms with E-state index < -0.39 is 5.82 Å². The van der Waals surface area contributed by atoms with Crippen molar-refractivity contribution in [2.45, 2.75) is 0 Å². The van der Waals surface area contributed by atoms with E-state index in [1.165, 1.54) is 12.1 Å². The van der Waals surface area contributed by atoms with Crippen molar-refractivity contribution in [3.05, 3.63) is 58.8 Å². The zero-order valence-electron chi connectivity index (χ0n) is 10.3. The summed E-state index contributed by atoms with van der Waals surface area (Å²) in [7, 11) is 0. The van der Waals surface area contributed by atoms with Crippen molar-refractivity contribution in [3.8, 4) is 22.6 Å². The molecule has 0 bridgehead atoms. The SMILES string of the molecule is Oc1ccc(-c2cc(F)c3cc(O)c(Br)cc3c2)cc1. The third kappa shape index (κ3) is 2.23. The molecule has 0 unspecified atom stereocenters. The Labute approximate surface area is 123 Å². The molecule has 0 aromatic heterocycles. The summed E-state index contributed by atoms with van der Waals surface area (Å²) < 4.78 is 14.7. The van der Waals surface area contributed by atoms with Gasteiger partial charge in [0.1, 0.15) is 17.3 Å². The molecule has 0 aliphatic carbocycles. The fourth-order valence-corrected chi connectivity index (χ4v) is 2.51. The van der Waals surface area contributed by atoms with Crippen LogP contribution in [0, 0.1) is 5.82 Å². The quantitative estimate of drug-likeness (QED) is 0.670. The van der Waals surface area contributed by atoms with E-state index in [0.717, 1.165) is 5.56 Å². The van der Waals surface area contributed by atoms with E-state index in [0.29, 0.717) is 20.8 Å². The third-order valence-electron chi connectivity index (χ3n) is 3.17. The van der Waals surface area contributed by atoms with Gasteiger partial charge in [0.2, 0.25) is 0 Å². The molecule has 2 N–H and O–H groups in total. The Bertz CT molecular complexity index is 798. The smallest absolute Gasteiger partial charge is 0.131 e. The number of rotatable bonds is 1. The molecule has 0 spiro atoms. The topological polar surface area (TPSA) is 40.5 Å². The van der Waals surface area contributed by atoms with Crippen LogP contribution in [0.15, 0.2) is 53.0 Å². The fourth-order valence-electron chi connectivity index (χ4n) is 2.15. The van der Waals surface area contributed by atoms with Gasteiger partial charge in [-0.1, -0.05) is 12.1 Å². The second-order valence-corrected chi connectivity index (χ2v) is 5.38. The maximum absolute atomic E-state index is 14.1. The highest BCUT2D eigenvalue weighted by Crippen LogP contribution is 2.34. The Balaban J connectivity index is 2.23. The largest absolute Gasteiger partial charge is 0.508 e. The number of hydrogen-bond donors (Lipinski definition) is 2. The molecule has 0 saturated carbocycles. The van der Waals surface area contributed by atoms with Crippen LogP contribution in [-0.2, 0) is 0 Å². The van der Waals surface area contributed by atoms with E-state index in [-0.39, 0.29) is 11.5 Å².